The molecule has 2 rings (SSSR count). The molecular weight excluding hydrogens is 274 g/mol. The lowest BCUT2D eigenvalue weighted by Gasteiger charge is -2.03. The molecule has 0 aliphatic heterocycles. The van der Waals surface area contributed by atoms with Gasteiger partial charge in [-0.2, -0.15) is 11.8 Å². The van der Waals surface area contributed by atoms with Crippen molar-refractivity contribution in [2.45, 2.75) is 19.4 Å². The van der Waals surface area contributed by atoms with Gasteiger partial charge in [-0.3, -0.25) is 0 Å². The van der Waals surface area contributed by atoms with Crippen molar-refractivity contribution in [3.63, 3.8) is 0 Å². The zero-order chi connectivity index (χ0) is 14.4. The number of furan rings is 1. The van der Waals surface area contributed by atoms with Crippen molar-refractivity contribution in [1.82, 2.24) is 5.32 Å². The first-order valence-electron chi connectivity index (χ1n) is 6.67. The molecule has 4 nitrogen and oxygen atoms in total. The monoisotopic (exact) mass is 293 g/mol. The van der Waals surface area contributed by atoms with E-state index in [9.17, 15) is 9.90 Å². The van der Waals surface area contributed by atoms with E-state index < -0.39 is 5.97 Å². The van der Waals surface area contributed by atoms with E-state index in [2.05, 4.69) is 11.6 Å². The first-order chi connectivity index (χ1) is 9.74. The lowest BCUT2D eigenvalue weighted by Crippen LogP contribution is -2.16. The molecule has 0 aliphatic carbocycles. The van der Waals surface area contributed by atoms with Crippen LogP contribution in [0.25, 0.3) is 11.0 Å². The van der Waals surface area contributed by atoms with Gasteiger partial charge in [0.2, 0.25) is 0 Å². The number of rotatable bonds is 8. The van der Waals surface area contributed by atoms with Crippen molar-refractivity contribution in [2.75, 3.05) is 18.6 Å². The molecule has 1 aromatic carbocycles. The predicted molar refractivity (Wildman–Crippen MR) is 82.5 cm³/mol. The Morgan fingerprint density at radius 3 is 2.90 bits per heavy atom. The lowest BCUT2D eigenvalue weighted by molar-refractivity contribution is 0.0696. The largest absolute Gasteiger partial charge is 0.478 e. The minimum atomic E-state index is -0.936. The smallest absolute Gasteiger partial charge is 0.339 e. The van der Waals surface area contributed by atoms with Gasteiger partial charge in [-0.25, -0.2) is 4.79 Å². The summed E-state index contributed by atoms with van der Waals surface area (Å²) in [6, 6.07) is 7.25. The summed E-state index contributed by atoms with van der Waals surface area (Å²) in [6.07, 6.45) is 4.35. The van der Waals surface area contributed by atoms with Crippen LogP contribution in [-0.4, -0.2) is 29.6 Å². The fourth-order valence-corrected chi connectivity index (χ4v) is 2.65. The number of benzene rings is 1. The molecule has 0 unspecified atom stereocenters. The van der Waals surface area contributed by atoms with Crippen LogP contribution in [0.4, 0.5) is 0 Å². The van der Waals surface area contributed by atoms with Crippen molar-refractivity contribution in [3.05, 3.63) is 35.6 Å². The van der Waals surface area contributed by atoms with Gasteiger partial charge in [0.05, 0.1) is 6.54 Å². The predicted octanol–water partition coefficient (Wildman–Crippen LogP) is 3.36. The van der Waals surface area contributed by atoms with Gasteiger partial charge in [-0.15, -0.1) is 0 Å². The molecule has 1 aromatic heterocycles. The van der Waals surface area contributed by atoms with Gasteiger partial charge in [-0.05, 0) is 37.5 Å². The second-order valence-electron chi connectivity index (χ2n) is 4.58. The van der Waals surface area contributed by atoms with Crippen LogP contribution >= 0.6 is 11.8 Å². The Morgan fingerprint density at radius 2 is 2.15 bits per heavy atom. The van der Waals surface area contributed by atoms with Gasteiger partial charge < -0.3 is 14.8 Å². The zero-order valence-electron chi connectivity index (χ0n) is 11.5. The molecule has 20 heavy (non-hydrogen) atoms. The summed E-state index contributed by atoms with van der Waals surface area (Å²) in [5.41, 5.74) is 0.904. The molecule has 5 heteroatoms. The summed E-state index contributed by atoms with van der Waals surface area (Å²) in [5.74, 6) is 0.727. The minimum Gasteiger partial charge on any atom is -0.478 e. The number of fused-ring (bicyclic) bond motifs is 1. The van der Waals surface area contributed by atoms with Crippen LogP contribution in [0.15, 0.2) is 28.7 Å². The Morgan fingerprint density at radius 1 is 1.35 bits per heavy atom. The molecule has 2 aromatic rings. The molecule has 0 fully saturated rings. The number of aromatic carboxylic acids is 1. The van der Waals surface area contributed by atoms with Crippen LogP contribution in [0.1, 0.15) is 29.0 Å². The fraction of sp³-hybridized carbons (Fsp3) is 0.400. The SMILES string of the molecule is CSCCCCNCc1oc2ccccc2c1C(=O)O. The van der Waals surface area contributed by atoms with Crippen molar-refractivity contribution in [3.8, 4) is 0 Å². The molecule has 0 amide bonds. The minimum absolute atomic E-state index is 0.275. The molecule has 0 aliphatic rings. The van der Waals surface area contributed by atoms with E-state index in [0.717, 1.165) is 18.7 Å². The van der Waals surface area contributed by atoms with E-state index in [-0.39, 0.29) is 5.56 Å². The number of carboxylic acid groups (broad SMARTS) is 1. The number of carboxylic acids is 1. The van der Waals surface area contributed by atoms with Crippen molar-refractivity contribution in [2.24, 2.45) is 0 Å². The van der Waals surface area contributed by atoms with Crippen LogP contribution in [-0.2, 0) is 6.54 Å². The van der Waals surface area contributed by atoms with E-state index in [1.165, 1.54) is 6.42 Å². The van der Waals surface area contributed by atoms with Gasteiger partial charge in [0.15, 0.2) is 0 Å². The number of hydrogen-bond acceptors (Lipinski definition) is 4. The van der Waals surface area contributed by atoms with Crippen molar-refractivity contribution in [1.29, 1.82) is 0 Å². The molecule has 1 heterocycles. The maximum atomic E-state index is 11.4. The maximum absolute atomic E-state index is 11.4. The third kappa shape index (κ3) is 3.55. The number of unbranched alkanes of at least 4 members (excludes halogenated alkanes) is 1. The summed E-state index contributed by atoms with van der Waals surface area (Å²) in [4.78, 5) is 11.4. The third-order valence-electron chi connectivity index (χ3n) is 3.12. The lowest BCUT2D eigenvalue weighted by atomic mass is 10.1. The first kappa shape index (κ1) is 14.9. The molecule has 108 valence electrons. The summed E-state index contributed by atoms with van der Waals surface area (Å²) in [5, 5.41) is 13.3. The summed E-state index contributed by atoms with van der Waals surface area (Å²) in [7, 11) is 0. The Labute approximate surface area is 122 Å². The second-order valence-corrected chi connectivity index (χ2v) is 5.56. The molecule has 0 radical (unpaired) electrons. The first-order valence-corrected chi connectivity index (χ1v) is 8.06. The van der Waals surface area contributed by atoms with Crippen LogP contribution in [0, 0.1) is 0 Å². The van der Waals surface area contributed by atoms with Crippen LogP contribution in [0.5, 0.6) is 0 Å². The van der Waals surface area contributed by atoms with Gasteiger partial charge in [-0.1, -0.05) is 18.2 Å². The highest BCUT2D eigenvalue weighted by molar-refractivity contribution is 7.98. The van der Waals surface area contributed by atoms with E-state index in [0.29, 0.717) is 23.3 Å². The van der Waals surface area contributed by atoms with E-state index >= 15 is 0 Å². The molecule has 0 atom stereocenters. The van der Waals surface area contributed by atoms with Gasteiger partial charge in [0.25, 0.3) is 0 Å². The fourth-order valence-electron chi connectivity index (χ4n) is 2.15. The number of hydrogen-bond donors (Lipinski definition) is 2. The number of para-hydroxylation sites is 1. The molecule has 0 spiro atoms. The summed E-state index contributed by atoms with van der Waals surface area (Å²) < 4.78 is 5.64. The van der Waals surface area contributed by atoms with Gasteiger partial charge in [0.1, 0.15) is 16.9 Å². The summed E-state index contributed by atoms with van der Waals surface area (Å²) in [6.45, 7) is 1.33. The quantitative estimate of drug-likeness (QED) is 0.731. The zero-order valence-corrected chi connectivity index (χ0v) is 12.3. The Hall–Kier alpha value is -1.46. The second kappa shape index (κ2) is 7.36. The molecule has 0 saturated heterocycles. The average Bonchev–Trinajstić information content (AvgIpc) is 2.81. The molecule has 0 saturated carbocycles. The molecular formula is C15H19NO3S. The van der Waals surface area contributed by atoms with Crippen LogP contribution in [0.2, 0.25) is 0 Å². The Kier molecular flexibility index (Phi) is 5.49. The number of nitrogens with one attached hydrogen (secondary N) is 1. The maximum Gasteiger partial charge on any atom is 0.339 e. The van der Waals surface area contributed by atoms with Crippen LogP contribution in [0.3, 0.4) is 0 Å². The van der Waals surface area contributed by atoms with E-state index in [1.54, 1.807) is 12.1 Å². The topological polar surface area (TPSA) is 62.5 Å². The Balaban J connectivity index is 2.02. The average molecular weight is 293 g/mol. The highest BCUT2D eigenvalue weighted by atomic mass is 32.2. The molecule has 2 N–H and O–H groups in total. The van der Waals surface area contributed by atoms with Crippen molar-refractivity contribution >= 4 is 28.7 Å². The number of thioether (sulfide) groups is 1. The number of carbonyl (C=O) groups is 1. The highest BCUT2D eigenvalue weighted by Gasteiger charge is 2.19. The normalized spacial score (nSPS) is 11.1. The van der Waals surface area contributed by atoms with Crippen LogP contribution < -0.4 is 5.32 Å². The van der Waals surface area contributed by atoms with E-state index in [1.807, 2.05) is 23.9 Å². The van der Waals surface area contributed by atoms with Gasteiger partial charge >= 0.3 is 5.97 Å². The molecule has 0 bridgehead atoms. The standard InChI is InChI=1S/C15H19NO3S/c1-20-9-5-4-8-16-10-13-14(15(17)18)11-6-2-3-7-12(11)19-13/h2-3,6-7,16H,4-5,8-10H2,1H3,(H,17,18). The van der Waals surface area contributed by atoms with Crippen molar-refractivity contribution < 1.29 is 14.3 Å². The van der Waals surface area contributed by atoms with Gasteiger partial charge in [0, 0.05) is 5.39 Å². The third-order valence-corrected chi connectivity index (χ3v) is 3.82. The summed E-state index contributed by atoms with van der Waals surface area (Å²) >= 11 is 1.84. The Bertz CT molecular complexity index is 580. The van der Waals surface area contributed by atoms with E-state index in [4.69, 9.17) is 4.42 Å². The highest BCUT2D eigenvalue weighted by Crippen LogP contribution is 2.25.